The summed E-state index contributed by atoms with van der Waals surface area (Å²) in [6.07, 6.45) is 3.51. The van der Waals surface area contributed by atoms with Gasteiger partial charge in [0.25, 0.3) is 5.91 Å². The van der Waals surface area contributed by atoms with Crippen molar-refractivity contribution in [3.63, 3.8) is 0 Å². The van der Waals surface area contributed by atoms with E-state index in [4.69, 9.17) is 4.74 Å². The molecule has 0 radical (unpaired) electrons. The predicted molar refractivity (Wildman–Crippen MR) is 72.3 cm³/mol. The fourth-order valence-electron chi connectivity index (χ4n) is 2.93. The monoisotopic (exact) mass is 279 g/mol. The Morgan fingerprint density at radius 2 is 2.05 bits per heavy atom. The molecule has 0 aliphatic carbocycles. The van der Waals surface area contributed by atoms with Crippen LogP contribution in [0.1, 0.15) is 23.5 Å². The van der Waals surface area contributed by atoms with Crippen LogP contribution in [-0.4, -0.2) is 76.8 Å². The third-order valence-electron chi connectivity index (χ3n) is 4.14. The molecule has 3 heterocycles. The Balaban J connectivity index is 1.45. The Labute approximate surface area is 118 Å². The van der Waals surface area contributed by atoms with Crippen molar-refractivity contribution >= 4 is 5.91 Å². The fourth-order valence-corrected chi connectivity index (χ4v) is 2.93. The van der Waals surface area contributed by atoms with Crippen molar-refractivity contribution in [1.82, 2.24) is 25.0 Å². The number of hydrogen-bond acceptors (Lipinski definition) is 5. The molecule has 3 rings (SSSR count). The summed E-state index contributed by atoms with van der Waals surface area (Å²) in [6, 6.07) is 0. The summed E-state index contributed by atoms with van der Waals surface area (Å²) in [7, 11) is 0. The predicted octanol–water partition coefficient (Wildman–Crippen LogP) is -0.0109. The van der Waals surface area contributed by atoms with E-state index in [0.29, 0.717) is 11.7 Å². The number of ether oxygens (including phenoxy) is 1. The normalized spacial score (nSPS) is 22.1. The van der Waals surface area contributed by atoms with E-state index in [1.807, 2.05) is 4.90 Å². The zero-order valence-corrected chi connectivity index (χ0v) is 11.6. The van der Waals surface area contributed by atoms with Gasteiger partial charge in [0.2, 0.25) is 5.82 Å². The highest BCUT2D eigenvalue weighted by Crippen LogP contribution is 2.19. The SMILES string of the molecule is O=C(c1ncn[nH]1)N1CCC(CN2CCOCC2)CC1. The van der Waals surface area contributed by atoms with E-state index >= 15 is 0 Å². The van der Waals surface area contributed by atoms with Gasteiger partial charge in [0.05, 0.1) is 13.2 Å². The molecule has 2 fully saturated rings. The molecule has 1 amide bonds. The van der Waals surface area contributed by atoms with E-state index in [-0.39, 0.29) is 5.91 Å². The number of morpholine rings is 1. The van der Waals surface area contributed by atoms with Crippen LogP contribution >= 0.6 is 0 Å². The molecule has 7 nitrogen and oxygen atoms in total. The van der Waals surface area contributed by atoms with Gasteiger partial charge in [-0.1, -0.05) is 0 Å². The summed E-state index contributed by atoms with van der Waals surface area (Å²) in [5.41, 5.74) is 0. The highest BCUT2D eigenvalue weighted by atomic mass is 16.5. The molecular weight excluding hydrogens is 258 g/mol. The zero-order valence-electron chi connectivity index (χ0n) is 11.6. The smallest absolute Gasteiger partial charge is 0.291 e. The highest BCUT2D eigenvalue weighted by Gasteiger charge is 2.26. The first-order valence-electron chi connectivity index (χ1n) is 7.27. The lowest BCUT2D eigenvalue weighted by molar-refractivity contribution is 0.0242. The number of hydrogen-bond donors (Lipinski definition) is 1. The molecule has 0 bridgehead atoms. The second kappa shape index (κ2) is 6.32. The van der Waals surface area contributed by atoms with Crippen LogP contribution in [0.4, 0.5) is 0 Å². The minimum Gasteiger partial charge on any atom is -0.379 e. The Hall–Kier alpha value is -1.47. The zero-order chi connectivity index (χ0) is 13.8. The van der Waals surface area contributed by atoms with Crippen molar-refractivity contribution in [1.29, 1.82) is 0 Å². The number of likely N-dealkylation sites (tertiary alicyclic amines) is 1. The third kappa shape index (κ3) is 3.16. The number of nitrogens with zero attached hydrogens (tertiary/aromatic N) is 4. The summed E-state index contributed by atoms with van der Waals surface area (Å²) in [6.45, 7) is 6.54. The Morgan fingerprint density at radius 3 is 2.70 bits per heavy atom. The number of nitrogens with one attached hydrogen (secondary N) is 1. The van der Waals surface area contributed by atoms with Gasteiger partial charge in [-0.05, 0) is 18.8 Å². The number of rotatable bonds is 3. The molecule has 0 atom stereocenters. The molecule has 1 aromatic heterocycles. The molecule has 1 N–H and O–H groups in total. The Morgan fingerprint density at radius 1 is 1.30 bits per heavy atom. The number of piperidine rings is 1. The summed E-state index contributed by atoms with van der Waals surface area (Å²) < 4.78 is 5.37. The summed E-state index contributed by atoms with van der Waals surface area (Å²) in [5, 5.41) is 6.36. The summed E-state index contributed by atoms with van der Waals surface area (Å²) >= 11 is 0. The molecule has 0 unspecified atom stereocenters. The number of aromatic nitrogens is 3. The number of aromatic amines is 1. The minimum atomic E-state index is -0.0349. The lowest BCUT2D eigenvalue weighted by atomic mass is 9.96. The van der Waals surface area contributed by atoms with Gasteiger partial charge >= 0.3 is 0 Å². The molecule has 2 aliphatic rings. The molecule has 2 saturated heterocycles. The molecule has 0 spiro atoms. The summed E-state index contributed by atoms with van der Waals surface area (Å²) in [5.74, 6) is 0.996. The third-order valence-corrected chi connectivity index (χ3v) is 4.14. The first-order valence-corrected chi connectivity index (χ1v) is 7.27. The molecule has 20 heavy (non-hydrogen) atoms. The molecule has 2 aliphatic heterocycles. The molecule has 110 valence electrons. The van der Waals surface area contributed by atoms with Crippen molar-refractivity contribution < 1.29 is 9.53 Å². The van der Waals surface area contributed by atoms with Gasteiger partial charge in [0, 0.05) is 32.7 Å². The molecule has 0 aromatic carbocycles. The van der Waals surface area contributed by atoms with Crippen molar-refractivity contribution in [3.8, 4) is 0 Å². The van der Waals surface area contributed by atoms with Crippen molar-refractivity contribution in [2.75, 3.05) is 45.9 Å². The molecule has 1 aromatic rings. The van der Waals surface area contributed by atoms with Gasteiger partial charge in [0.15, 0.2) is 0 Å². The van der Waals surface area contributed by atoms with Gasteiger partial charge in [-0.3, -0.25) is 14.8 Å². The fraction of sp³-hybridized carbons (Fsp3) is 0.769. The van der Waals surface area contributed by atoms with Crippen LogP contribution in [-0.2, 0) is 4.74 Å². The highest BCUT2D eigenvalue weighted by molar-refractivity contribution is 5.90. The average molecular weight is 279 g/mol. The van der Waals surface area contributed by atoms with E-state index in [2.05, 4.69) is 20.1 Å². The standard InChI is InChI=1S/C13H21N5O2/c19-13(12-14-10-15-16-12)18-3-1-11(2-4-18)9-17-5-7-20-8-6-17/h10-11H,1-9H2,(H,14,15,16). The van der Waals surface area contributed by atoms with Gasteiger partial charge < -0.3 is 9.64 Å². The largest absolute Gasteiger partial charge is 0.379 e. The number of carbonyl (C=O) groups is 1. The first kappa shape index (κ1) is 13.5. The average Bonchev–Trinajstić information content (AvgIpc) is 3.03. The first-order chi connectivity index (χ1) is 9.83. The van der Waals surface area contributed by atoms with Crippen LogP contribution in [0.15, 0.2) is 6.33 Å². The Kier molecular flexibility index (Phi) is 4.27. The van der Waals surface area contributed by atoms with Crippen LogP contribution in [0.2, 0.25) is 0 Å². The van der Waals surface area contributed by atoms with Crippen LogP contribution in [0, 0.1) is 5.92 Å². The van der Waals surface area contributed by atoms with Crippen molar-refractivity contribution in [3.05, 3.63) is 12.2 Å². The van der Waals surface area contributed by atoms with Crippen LogP contribution < -0.4 is 0 Å². The maximum atomic E-state index is 12.1. The van der Waals surface area contributed by atoms with E-state index in [0.717, 1.165) is 58.8 Å². The molecular formula is C13H21N5O2. The molecule has 0 saturated carbocycles. The van der Waals surface area contributed by atoms with Crippen molar-refractivity contribution in [2.24, 2.45) is 5.92 Å². The van der Waals surface area contributed by atoms with Crippen LogP contribution in [0.5, 0.6) is 0 Å². The maximum Gasteiger partial charge on any atom is 0.291 e. The molecule has 7 heteroatoms. The lowest BCUT2D eigenvalue weighted by Gasteiger charge is -2.35. The van der Waals surface area contributed by atoms with E-state index in [1.54, 1.807) is 0 Å². The van der Waals surface area contributed by atoms with Crippen molar-refractivity contribution in [2.45, 2.75) is 12.8 Å². The number of amides is 1. The second-order valence-electron chi connectivity index (χ2n) is 5.48. The minimum absolute atomic E-state index is 0.0349. The van der Waals surface area contributed by atoms with Gasteiger partial charge in [-0.25, -0.2) is 4.98 Å². The van der Waals surface area contributed by atoms with Crippen LogP contribution in [0.3, 0.4) is 0 Å². The van der Waals surface area contributed by atoms with Gasteiger partial charge in [0.1, 0.15) is 6.33 Å². The van der Waals surface area contributed by atoms with E-state index < -0.39 is 0 Å². The van der Waals surface area contributed by atoms with Crippen LogP contribution in [0.25, 0.3) is 0 Å². The van der Waals surface area contributed by atoms with Gasteiger partial charge in [-0.2, -0.15) is 5.10 Å². The number of carbonyl (C=O) groups excluding carboxylic acids is 1. The van der Waals surface area contributed by atoms with Gasteiger partial charge in [-0.15, -0.1) is 0 Å². The lowest BCUT2D eigenvalue weighted by Crippen LogP contribution is -2.44. The Bertz CT molecular complexity index is 422. The van der Waals surface area contributed by atoms with E-state index in [1.165, 1.54) is 6.33 Å². The van der Waals surface area contributed by atoms with E-state index in [9.17, 15) is 4.79 Å². The maximum absolute atomic E-state index is 12.1. The topological polar surface area (TPSA) is 74.4 Å². The second-order valence-corrected chi connectivity index (χ2v) is 5.48. The summed E-state index contributed by atoms with van der Waals surface area (Å²) in [4.78, 5) is 20.4. The quantitative estimate of drug-likeness (QED) is 0.842. The number of H-pyrrole nitrogens is 1.